The summed E-state index contributed by atoms with van der Waals surface area (Å²) in [6, 6.07) is -0.0162. The molecule has 0 heterocycles. The zero-order valence-electron chi connectivity index (χ0n) is 4.53. The highest BCUT2D eigenvalue weighted by atomic mass is 35.5. The van der Waals surface area contributed by atoms with Crippen molar-refractivity contribution < 1.29 is 4.39 Å². The minimum Gasteiger partial charge on any atom is -0.328 e. The number of alkyl halides is 2. The van der Waals surface area contributed by atoms with Crippen molar-refractivity contribution in [1.29, 1.82) is 0 Å². The van der Waals surface area contributed by atoms with E-state index in [-0.39, 0.29) is 6.04 Å². The molecule has 0 aromatic heterocycles. The van der Waals surface area contributed by atoms with Crippen molar-refractivity contribution >= 4 is 11.6 Å². The maximum absolute atomic E-state index is 12.5. The van der Waals surface area contributed by atoms with Crippen LogP contribution in [0.3, 0.4) is 0 Å². The van der Waals surface area contributed by atoms with E-state index in [1.165, 1.54) is 0 Å². The standard InChI is InChI=1S/C5H9ClFN/c6-5(7)2-1-4(8)3-5/h4H,1-3,8H2/t4?,5-/m1/s1. The molecule has 48 valence electrons. The van der Waals surface area contributed by atoms with Crippen LogP contribution in [0.5, 0.6) is 0 Å². The molecule has 0 spiro atoms. The molecule has 1 aliphatic rings. The summed E-state index contributed by atoms with van der Waals surface area (Å²) in [7, 11) is 0. The summed E-state index contributed by atoms with van der Waals surface area (Å²) in [5.74, 6) is 0. The SMILES string of the molecule is NC1CC[C@](F)(Cl)C1. The van der Waals surface area contributed by atoms with Crippen molar-refractivity contribution in [3.63, 3.8) is 0 Å². The van der Waals surface area contributed by atoms with Crippen LogP contribution < -0.4 is 5.73 Å². The zero-order chi connectivity index (χ0) is 6.20. The molecule has 1 rings (SSSR count). The highest BCUT2D eigenvalue weighted by Crippen LogP contribution is 2.35. The van der Waals surface area contributed by atoms with Gasteiger partial charge in [0.25, 0.3) is 0 Å². The quantitative estimate of drug-likeness (QED) is 0.502. The van der Waals surface area contributed by atoms with Gasteiger partial charge < -0.3 is 5.73 Å². The van der Waals surface area contributed by atoms with Gasteiger partial charge in [-0.25, -0.2) is 4.39 Å². The summed E-state index contributed by atoms with van der Waals surface area (Å²) in [5, 5.41) is -1.49. The third kappa shape index (κ3) is 1.33. The maximum atomic E-state index is 12.5. The predicted octanol–water partition coefficient (Wildman–Crippen LogP) is 1.40. The Kier molecular flexibility index (Phi) is 1.46. The molecule has 0 radical (unpaired) electrons. The third-order valence-corrected chi connectivity index (χ3v) is 1.79. The lowest BCUT2D eigenvalue weighted by molar-refractivity contribution is 0.284. The Morgan fingerprint density at radius 2 is 2.38 bits per heavy atom. The van der Waals surface area contributed by atoms with Crippen molar-refractivity contribution in [2.75, 3.05) is 0 Å². The topological polar surface area (TPSA) is 26.0 Å². The zero-order valence-corrected chi connectivity index (χ0v) is 5.29. The molecular formula is C5H9ClFN. The summed E-state index contributed by atoms with van der Waals surface area (Å²) >= 11 is 5.32. The Morgan fingerprint density at radius 3 is 2.50 bits per heavy atom. The van der Waals surface area contributed by atoms with Gasteiger partial charge in [0, 0.05) is 12.5 Å². The smallest absolute Gasteiger partial charge is 0.185 e. The first-order chi connectivity index (χ1) is 3.60. The molecule has 0 aromatic carbocycles. The summed E-state index contributed by atoms with van der Waals surface area (Å²) in [6.07, 6.45) is 1.45. The van der Waals surface area contributed by atoms with Crippen LogP contribution >= 0.6 is 11.6 Å². The first-order valence-corrected chi connectivity index (χ1v) is 3.11. The first-order valence-electron chi connectivity index (χ1n) is 2.73. The Hall–Kier alpha value is 0.180. The van der Waals surface area contributed by atoms with Crippen LogP contribution in [0.2, 0.25) is 0 Å². The summed E-state index contributed by atoms with van der Waals surface area (Å²) in [6.45, 7) is 0. The highest BCUT2D eigenvalue weighted by molar-refractivity contribution is 6.22. The highest BCUT2D eigenvalue weighted by Gasteiger charge is 2.35. The summed E-state index contributed by atoms with van der Waals surface area (Å²) in [4.78, 5) is 0. The first kappa shape index (κ1) is 6.30. The third-order valence-electron chi connectivity index (χ3n) is 1.44. The van der Waals surface area contributed by atoms with Crippen molar-refractivity contribution in [2.24, 2.45) is 5.73 Å². The van der Waals surface area contributed by atoms with Gasteiger partial charge in [-0.1, -0.05) is 11.6 Å². The van der Waals surface area contributed by atoms with E-state index in [9.17, 15) is 4.39 Å². The molecule has 0 aromatic rings. The lowest BCUT2D eigenvalue weighted by atomic mass is 10.3. The Morgan fingerprint density at radius 1 is 1.75 bits per heavy atom. The number of rotatable bonds is 0. The molecule has 1 saturated carbocycles. The van der Waals surface area contributed by atoms with E-state index in [1.807, 2.05) is 0 Å². The second kappa shape index (κ2) is 1.85. The minimum absolute atomic E-state index is 0.0162. The lowest BCUT2D eigenvalue weighted by Crippen LogP contribution is -2.18. The fraction of sp³-hybridized carbons (Fsp3) is 1.00. The number of halogens is 2. The van der Waals surface area contributed by atoms with Gasteiger partial charge in [0.15, 0.2) is 5.13 Å². The van der Waals surface area contributed by atoms with Gasteiger partial charge in [0.1, 0.15) is 0 Å². The molecule has 2 atom stereocenters. The van der Waals surface area contributed by atoms with Crippen molar-refractivity contribution in [3.8, 4) is 0 Å². The van der Waals surface area contributed by atoms with Gasteiger partial charge in [-0.2, -0.15) is 0 Å². The molecule has 0 bridgehead atoms. The van der Waals surface area contributed by atoms with Gasteiger partial charge in [0.05, 0.1) is 0 Å². The monoisotopic (exact) mass is 137 g/mol. The fourth-order valence-electron chi connectivity index (χ4n) is 0.984. The largest absolute Gasteiger partial charge is 0.328 e. The van der Waals surface area contributed by atoms with E-state index < -0.39 is 5.13 Å². The van der Waals surface area contributed by atoms with E-state index in [0.29, 0.717) is 12.8 Å². The van der Waals surface area contributed by atoms with Crippen LogP contribution in [-0.2, 0) is 0 Å². The Balaban J connectivity index is 2.44. The molecule has 1 nitrogen and oxygen atoms in total. The minimum atomic E-state index is -1.49. The summed E-state index contributed by atoms with van der Waals surface area (Å²) in [5.41, 5.74) is 5.39. The van der Waals surface area contributed by atoms with Crippen LogP contribution in [0.1, 0.15) is 19.3 Å². The summed E-state index contributed by atoms with van der Waals surface area (Å²) < 4.78 is 12.5. The van der Waals surface area contributed by atoms with Gasteiger partial charge in [-0.05, 0) is 12.8 Å². The van der Waals surface area contributed by atoms with E-state index in [4.69, 9.17) is 17.3 Å². The Labute approximate surface area is 53.0 Å². The van der Waals surface area contributed by atoms with Crippen molar-refractivity contribution in [3.05, 3.63) is 0 Å². The molecule has 2 N–H and O–H groups in total. The van der Waals surface area contributed by atoms with E-state index in [0.717, 1.165) is 6.42 Å². The molecule has 1 unspecified atom stereocenters. The molecule has 1 fully saturated rings. The van der Waals surface area contributed by atoms with Gasteiger partial charge in [-0.3, -0.25) is 0 Å². The molecule has 0 saturated heterocycles. The molecular weight excluding hydrogens is 129 g/mol. The predicted molar refractivity (Wildman–Crippen MR) is 31.5 cm³/mol. The van der Waals surface area contributed by atoms with Crippen LogP contribution in [0.4, 0.5) is 4.39 Å². The molecule has 3 heteroatoms. The molecule has 8 heavy (non-hydrogen) atoms. The normalized spacial score (nSPS) is 47.6. The average Bonchev–Trinajstić information content (AvgIpc) is 1.82. The van der Waals surface area contributed by atoms with Crippen LogP contribution in [-0.4, -0.2) is 11.2 Å². The second-order valence-electron chi connectivity index (χ2n) is 2.36. The average molecular weight is 138 g/mol. The lowest BCUT2D eigenvalue weighted by Gasteiger charge is -2.06. The van der Waals surface area contributed by atoms with Gasteiger partial charge in [-0.15, -0.1) is 0 Å². The van der Waals surface area contributed by atoms with Crippen LogP contribution in [0.25, 0.3) is 0 Å². The van der Waals surface area contributed by atoms with E-state index in [2.05, 4.69) is 0 Å². The van der Waals surface area contributed by atoms with Crippen molar-refractivity contribution in [2.45, 2.75) is 30.4 Å². The fourth-order valence-corrected chi connectivity index (χ4v) is 1.29. The second-order valence-corrected chi connectivity index (χ2v) is 3.04. The van der Waals surface area contributed by atoms with Crippen LogP contribution in [0, 0.1) is 0 Å². The van der Waals surface area contributed by atoms with Gasteiger partial charge >= 0.3 is 0 Å². The number of hydrogen-bond acceptors (Lipinski definition) is 1. The molecule has 0 amide bonds. The maximum Gasteiger partial charge on any atom is 0.185 e. The van der Waals surface area contributed by atoms with E-state index >= 15 is 0 Å². The number of hydrogen-bond donors (Lipinski definition) is 1. The van der Waals surface area contributed by atoms with Gasteiger partial charge in [0.2, 0.25) is 0 Å². The molecule has 1 aliphatic carbocycles. The Bertz CT molecular complexity index is 94.4. The van der Waals surface area contributed by atoms with Crippen LogP contribution in [0.15, 0.2) is 0 Å². The molecule has 0 aliphatic heterocycles. The van der Waals surface area contributed by atoms with Crippen molar-refractivity contribution in [1.82, 2.24) is 0 Å². The number of nitrogens with two attached hydrogens (primary N) is 1. The van der Waals surface area contributed by atoms with E-state index in [1.54, 1.807) is 0 Å².